The van der Waals surface area contributed by atoms with Crippen LogP contribution >= 0.6 is 0 Å². The van der Waals surface area contributed by atoms with Crippen LogP contribution in [0.25, 0.3) is 0 Å². The van der Waals surface area contributed by atoms with Crippen LogP contribution in [0, 0.1) is 13.8 Å². The molecule has 0 unspecified atom stereocenters. The molecule has 1 amide bonds. The molecule has 1 N–H and O–H groups in total. The summed E-state index contributed by atoms with van der Waals surface area (Å²) in [5.74, 6) is 0.116. The third kappa shape index (κ3) is 3.17. The standard InChI is InChI=1S/C11H17N3O5S/c1-8-11(9(2)19-13-8)20(16,17)12-3-4-14-5-6-18-7-10(14)15/h12H,3-7H2,1-2H3. The maximum Gasteiger partial charge on any atom is 0.248 e. The number of hydrogen-bond acceptors (Lipinski definition) is 6. The van der Waals surface area contributed by atoms with E-state index in [1.54, 1.807) is 18.7 Å². The van der Waals surface area contributed by atoms with E-state index in [1.165, 1.54) is 0 Å². The predicted octanol–water partition coefficient (Wildman–Crippen LogP) is -0.571. The van der Waals surface area contributed by atoms with Crippen molar-refractivity contribution in [2.24, 2.45) is 0 Å². The summed E-state index contributed by atoms with van der Waals surface area (Å²) >= 11 is 0. The van der Waals surface area contributed by atoms with Crippen LogP contribution < -0.4 is 4.72 Å². The molecule has 0 radical (unpaired) electrons. The molecule has 1 fully saturated rings. The van der Waals surface area contributed by atoms with Gasteiger partial charge in [-0.05, 0) is 13.8 Å². The van der Waals surface area contributed by atoms with Crippen LogP contribution in [-0.4, -0.2) is 57.2 Å². The third-order valence-electron chi connectivity index (χ3n) is 2.99. The fraction of sp³-hybridized carbons (Fsp3) is 0.636. The summed E-state index contributed by atoms with van der Waals surface area (Å²) in [7, 11) is -3.67. The molecule has 2 heterocycles. The fourth-order valence-corrected chi connectivity index (χ4v) is 3.38. The van der Waals surface area contributed by atoms with Crippen molar-refractivity contribution in [2.45, 2.75) is 18.7 Å². The molecule has 0 bridgehead atoms. The first-order valence-electron chi connectivity index (χ1n) is 6.20. The minimum Gasteiger partial charge on any atom is -0.370 e. The Hall–Kier alpha value is -1.45. The second kappa shape index (κ2) is 5.90. The summed E-state index contributed by atoms with van der Waals surface area (Å²) < 4.78 is 36.5. The molecule has 1 aliphatic rings. The van der Waals surface area contributed by atoms with Crippen LogP contribution in [0.3, 0.4) is 0 Å². The lowest BCUT2D eigenvalue weighted by atomic mass is 10.4. The molecule has 20 heavy (non-hydrogen) atoms. The molecule has 1 saturated heterocycles. The van der Waals surface area contributed by atoms with Crippen LogP contribution in [0.1, 0.15) is 11.5 Å². The highest BCUT2D eigenvalue weighted by molar-refractivity contribution is 7.89. The van der Waals surface area contributed by atoms with Crippen LogP contribution in [0.5, 0.6) is 0 Å². The van der Waals surface area contributed by atoms with Gasteiger partial charge in [0.1, 0.15) is 17.2 Å². The Kier molecular flexibility index (Phi) is 4.41. The molecule has 0 aromatic carbocycles. The Morgan fingerprint density at radius 3 is 2.75 bits per heavy atom. The van der Waals surface area contributed by atoms with Gasteiger partial charge in [-0.15, -0.1) is 0 Å². The molecule has 1 aromatic rings. The second-order valence-electron chi connectivity index (χ2n) is 4.48. The molecule has 8 nitrogen and oxygen atoms in total. The minimum absolute atomic E-state index is 0.0522. The zero-order chi connectivity index (χ0) is 14.8. The fourth-order valence-electron chi connectivity index (χ4n) is 2.03. The molecular weight excluding hydrogens is 286 g/mol. The summed E-state index contributed by atoms with van der Waals surface area (Å²) in [6.45, 7) is 4.56. The summed E-state index contributed by atoms with van der Waals surface area (Å²) in [6.07, 6.45) is 0. The van der Waals surface area contributed by atoms with Crippen molar-refractivity contribution in [3.05, 3.63) is 11.5 Å². The number of amides is 1. The zero-order valence-corrected chi connectivity index (χ0v) is 12.2. The van der Waals surface area contributed by atoms with Gasteiger partial charge in [0.15, 0.2) is 5.76 Å². The van der Waals surface area contributed by atoms with Gasteiger partial charge in [0.25, 0.3) is 0 Å². The Balaban J connectivity index is 1.95. The Labute approximate surface area is 117 Å². The number of aromatic nitrogens is 1. The number of sulfonamides is 1. The molecule has 0 atom stereocenters. The normalized spacial score (nSPS) is 16.7. The molecule has 0 spiro atoms. The molecule has 9 heteroatoms. The molecule has 112 valence electrons. The maximum absolute atomic E-state index is 12.1. The monoisotopic (exact) mass is 303 g/mol. The predicted molar refractivity (Wildman–Crippen MR) is 68.6 cm³/mol. The van der Waals surface area contributed by atoms with Crippen molar-refractivity contribution >= 4 is 15.9 Å². The van der Waals surface area contributed by atoms with E-state index >= 15 is 0 Å². The van der Waals surface area contributed by atoms with Gasteiger partial charge in [-0.25, -0.2) is 13.1 Å². The number of carbonyl (C=O) groups excluding carboxylic acids is 1. The lowest BCUT2D eigenvalue weighted by Gasteiger charge is -2.26. The van der Waals surface area contributed by atoms with E-state index in [1.807, 2.05) is 0 Å². The number of rotatable bonds is 5. The van der Waals surface area contributed by atoms with Crippen molar-refractivity contribution < 1.29 is 22.5 Å². The molecule has 2 rings (SSSR count). The summed E-state index contributed by atoms with van der Waals surface area (Å²) in [5, 5.41) is 3.62. The number of nitrogens with zero attached hydrogens (tertiary/aromatic N) is 2. The number of carbonyl (C=O) groups is 1. The van der Waals surface area contributed by atoms with Crippen molar-refractivity contribution in [1.82, 2.24) is 14.8 Å². The van der Waals surface area contributed by atoms with Crippen LogP contribution in [0.4, 0.5) is 0 Å². The highest BCUT2D eigenvalue weighted by atomic mass is 32.2. The summed E-state index contributed by atoms with van der Waals surface area (Å²) in [6, 6.07) is 0. The summed E-state index contributed by atoms with van der Waals surface area (Å²) in [5.41, 5.74) is 0.317. The van der Waals surface area contributed by atoms with Gasteiger partial charge >= 0.3 is 0 Å². The summed E-state index contributed by atoms with van der Waals surface area (Å²) in [4.78, 5) is 13.1. The Bertz CT molecular complexity index is 576. The highest BCUT2D eigenvalue weighted by Gasteiger charge is 2.24. The van der Waals surface area contributed by atoms with Gasteiger partial charge in [-0.1, -0.05) is 5.16 Å². The smallest absolute Gasteiger partial charge is 0.248 e. The van der Waals surface area contributed by atoms with Gasteiger partial charge in [-0.2, -0.15) is 0 Å². The van der Waals surface area contributed by atoms with Crippen LogP contribution in [0.2, 0.25) is 0 Å². The highest BCUT2D eigenvalue weighted by Crippen LogP contribution is 2.18. The van der Waals surface area contributed by atoms with Crippen molar-refractivity contribution in [2.75, 3.05) is 32.8 Å². The first-order chi connectivity index (χ1) is 9.42. The first-order valence-corrected chi connectivity index (χ1v) is 7.68. The SMILES string of the molecule is Cc1noc(C)c1S(=O)(=O)NCCN1CCOCC1=O. The van der Waals surface area contributed by atoms with Crippen molar-refractivity contribution in [3.8, 4) is 0 Å². The Morgan fingerprint density at radius 2 is 2.15 bits per heavy atom. The molecule has 1 aromatic heterocycles. The van der Waals surface area contributed by atoms with E-state index in [0.29, 0.717) is 25.4 Å². The average molecular weight is 303 g/mol. The molecule has 0 saturated carbocycles. The number of ether oxygens (including phenoxy) is 1. The average Bonchev–Trinajstić information content (AvgIpc) is 2.72. The van der Waals surface area contributed by atoms with Crippen molar-refractivity contribution in [3.63, 3.8) is 0 Å². The van der Waals surface area contributed by atoms with E-state index in [0.717, 1.165) is 0 Å². The molecular formula is C11H17N3O5S. The minimum atomic E-state index is -3.67. The topological polar surface area (TPSA) is 102 Å². The van der Waals surface area contributed by atoms with Gasteiger partial charge in [0, 0.05) is 19.6 Å². The zero-order valence-electron chi connectivity index (χ0n) is 11.4. The first kappa shape index (κ1) is 14.9. The van der Waals surface area contributed by atoms with Crippen LogP contribution in [0.15, 0.2) is 9.42 Å². The van der Waals surface area contributed by atoms with E-state index in [9.17, 15) is 13.2 Å². The van der Waals surface area contributed by atoms with Gasteiger partial charge in [0.2, 0.25) is 15.9 Å². The number of hydrogen-bond donors (Lipinski definition) is 1. The third-order valence-corrected chi connectivity index (χ3v) is 4.70. The molecule has 0 aliphatic carbocycles. The van der Waals surface area contributed by atoms with Gasteiger partial charge in [-0.3, -0.25) is 4.79 Å². The van der Waals surface area contributed by atoms with Crippen molar-refractivity contribution in [1.29, 1.82) is 0 Å². The van der Waals surface area contributed by atoms with E-state index in [-0.39, 0.29) is 29.7 Å². The maximum atomic E-state index is 12.1. The Morgan fingerprint density at radius 1 is 1.40 bits per heavy atom. The number of aryl methyl sites for hydroxylation is 2. The lowest BCUT2D eigenvalue weighted by Crippen LogP contribution is -2.45. The molecule has 1 aliphatic heterocycles. The van der Waals surface area contributed by atoms with Gasteiger partial charge < -0.3 is 14.2 Å². The number of morpholine rings is 1. The van der Waals surface area contributed by atoms with Gasteiger partial charge in [0.05, 0.1) is 6.61 Å². The second-order valence-corrected chi connectivity index (χ2v) is 6.19. The van der Waals surface area contributed by atoms with Crippen LogP contribution in [-0.2, 0) is 19.6 Å². The lowest BCUT2D eigenvalue weighted by molar-refractivity contribution is -0.142. The largest absolute Gasteiger partial charge is 0.370 e. The quantitative estimate of drug-likeness (QED) is 0.781. The number of nitrogens with one attached hydrogen (secondary N) is 1. The van der Waals surface area contributed by atoms with E-state index in [2.05, 4.69) is 9.88 Å². The van der Waals surface area contributed by atoms with E-state index < -0.39 is 10.0 Å². The van der Waals surface area contributed by atoms with E-state index in [4.69, 9.17) is 9.26 Å².